The smallest absolute Gasteiger partial charge is 0.138 e. The Morgan fingerprint density at radius 2 is 2.13 bits per heavy atom. The monoisotopic (exact) mass is 223 g/mol. The molecule has 0 saturated carbocycles. The van der Waals surface area contributed by atoms with Gasteiger partial charge >= 0.3 is 0 Å². The van der Waals surface area contributed by atoms with E-state index in [4.69, 9.17) is 16.0 Å². The second-order valence-electron chi connectivity index (χ2n) is 3.77. The van der Waals surface area contributed by atoms with Gasteiger partial charge in [-0.2, -0.15) is 0 Å². The molecule has 0 fully saturated rings. The highest BCUT2D eigenvalue weighted by atomic mass is 35.5. The Hall–Kier alpha value is -0.990. The number of aryl methyl sites for hydroxylation is 1. The number of hydrogen-bond acceptors (Lipinski definition) is 2. The number of furan rings is 1. The molecular weight excluding hydrogens is 210 g/mol. The largest absolute Gasteiger partial charge is 0.459 e. The summed E-state index contributed by atoms with van der Waals surface area (Å²) < 4.78 is 5.79. The van der Waals surface area contributed by atoms with E-state index in [0.717, 1.165) is 27.3 Å². The molecule has 1 unspecified atom stereocenters. The summed E-state index contributed by atoms with van der Waals surface area (Å²) in [5, 5.41) is 4.88. The SMILES string of the molecule is CNC(C)c1cc2c(Cl)ccc(C)c2o1. The van der Waals surface area contributed by atoms with Crippen molar-refractivity contribution in [3.63, 3.8) is 0 Å². The van der Waals surface area contributed by atoms with Crippen molar-refractivity contribution in [3.05, 3.63) is 34.5 Å². The summed E-state index contributed by atoms with van der Waals surface area (Å²) in [6, 6.07) is 6.09. The summed E-state index contributed by atoms with van der Waals surface area (Å²) in [6.07, 6.45) is 0. The standard InChI is InChI=1S/C12H14ClNO/c1-7-4-5-10(13)9-6-11(8(2)14-3)15-12(7)9/h4-6,8,14H,1-3H3. The Morgan fingerprint density at radius 3 is 2.73 bits per heavy atom. The zero-order chi connectivity index (χ0) is 11.0. The summed E-state index contributed by atoms with van der Waals surface area (Å²) in [5.41, 5.74) is 2.00. The van der Waals surface area contributed by atoms with Crippen LogP contribution in [0, 0.1) is 6.92 Å². The number of hydrogen-bond donors (Lipinski definition) is 1. The fourth-order valence-electron chi connectivity index (χ4n) is 1.60. The van der Waals surface area contributed by atoms with Gasteiger partial charge in [-0.3, -0.25) is 0 Å². The third-order valence-electron chi connectivity index (χ3n) is 2.71. The maximum absolute atomic E-state index is 6.11. The van der Waals surface area contributed by atoms with Gasteiger partial charge in [0.15, 0.2) is 0 Å². The van der Waals surface area contributed by atoms with Gasteiger partial charge in [0.2, 0.25) is 0 Å². The number of benzene rings is 1. The van der Waals surface area contributed by atoms with Gasteiger partial charge in [0.25, 0.3) is 0 Å². The van der Waals surface area contributed by atoms with E-state index < -0.39 is 0 Å². The lowest BCUT2D eigenvalue weighted by Crippen LogP contribution is -2.10. The first-order valence-corrected chi connectivity index (χ1v) is 5.37. The number of nitrogens with one attached hydrogen (secondary N) is 1. The summed E-state index contributed by atoms with van der Waals surface area (Å²) in [6.45, 7) is 4.08. The lowest BCUT2D eigenvalue weighted by molar-refractivity contribution is 0.474. The van der Waals surface area contributed by atoms with Gasteiger partial charge in [-0.15, -0.1) is 0 Å². The molecule has 80 valence electrons. The third-order valence-corrected chi connectivity index (χ3v) is 3.04. The van der Waals surface area contributed by atoms with Gasteiger partial charge < -0.3 is 9.73 Å². The van der Waals surface area contributed by atoms with Crippen molar-refractivity contribution < 1.29 is 4.42 Å². The summed E-state index contributed by atoms with van der Waals surface area (Å²) in [7, 11) is 1.91. The quantitative estimate of drug-likeness (QED) is 0.840. The average Bonchev–Trinajstić information content (AvgIpc) is 2.68. The van der Waals surface area contributed by atoms with Crippen molar-refractivity contribution in [3.8, 4) is 0 Å². The van der Waals surface area contributed by atoms with Crippen LogP contribution in [0.5, 0.6) is 0 Å². The van der Waals surface area contributed by atoms with Crippen LogP contribution in [0.25, 0.3) is 11.0 Å². The predicted molar refractivity (Wildman–Crippen MR) is 63.4 cm³/mol. The third kappa shape index (κ3) is 1.75. The molecule has 1 N–H and O–H groups in total. The lowest BCUT2D eigenvalue weighted by atomic mass is 10.1. The summed E-state index contributed by atoms with van der Waals surface area (Å²) in [5.74, 6) is 0.920. The van der Waals surface area contributed by atoms with Crippen LogP contribution in [0.15, 0.2) is 22.6 Å². The van der Waals surface area contributed by atoms with E-state index in [9.17, 15) is 0 Å². The Labute approximate surface area is 94.2 Å². The topological polar surface area (TPSA) is 25.2 Å². The first kappa shape index (κ1) is 10.5. The van der Waals surface area contributed by atoms with Crippen molar-refractivity contribution in [2.24, 2.45) is 0 Å². The minimum atomic E-state index is 0.202. The minimum absolute atomic E-state index is 0.202. The Bertz CT molecular complexity index is 451. The van der Waals surface area contributed by atoms with Crippen molar-refractivity contribution in [1.29, 1.82) is 0 Å². The van der Waals surface area contributed by atoms with Crippen molar-refractivity contribution in [2.45, 2.75) is 19.9 Å². The maximum Gasteiger partial charge on any atom is 0.138 e. The highest BCUT2D eigenvalue weighted by molar-refractivity contribution is 6.35. The number of rotatable bonds is 2. The van der Waals surface area contributed by atoms with E-state index in [-0.39, 0.29) is 6.04 Å². The van der Waals surface area contributed by atoms with Crippen molar-refractivity contribution in [2.75, 3.05) is 7.05 Å². The molecule has 1 heterocycles. The zero-order valence-corrected chi connectivity index (χ0v) is 9.85. The van der Waals surface area contributed by atoms with E-state index in [1.54, 1.807) is 0 Å². The fraction of sp³-hybridized carbons (Fsp3) is 0.333. The highest BCUT2D eigenvalue weighted by Gasteiger charge is 2.12. The molecule has 0 aliphatic rings. The van der Waals surface area contributed by atoms with Gasteiger partial charge in [0, 0.05) is 5.39 Å². The maximum atomic E-state index is 6.11. The molecule has 0 saturated heterocycles. The van der Waals surface area contributed by atoms with Crippen molar-refractivity contribution in [1.82, 2.24) is 5.32 Å². The first-order chi connectivity index (χ1) is 7.13. The lowest BCUT2D eigenvalue weighted by Gasteiger charge is -2.04. The second-order valence-corrected chi connectivity index (χ2v) is 4.17. The molecule has 15 heavy (non-hydrogen) atoms. The van der Waals surface area contributed by atoms with E-state index >= 15 is 0 Å². The van der Waals surface area contributed by atoms with Gasteiger partial charge in [0.1, 0.15) is 11.3 Å². The fourth-order valence-corrected chi connectivity index (χ4v) is 1.80. The molecular formula is C12H14ClNO. The molecule has 0 bridgehead atoms. The van der Waals surface area contributed by atoms with Crippen molar-refractivity contribution >= 4 is 22.6 Å². The van der Waals surface area contributed by atoms with Crippen LogP contribution >= 0.6 is 11.6 Å². The minimum Gasteiger partial charge on any atom is -0.459 e. The van der Waals surface area contributed by atoms with E-state index in [0.29, 0.717) is 0 Å². The highest BCUT2D eigenvalue weighted by Crippen LogP contribution is 2.31. The van der Waals surface area contributed by atoms with E-state index in [2.05, 4.69) is 12.2 Å². The zero-order valence-electron chi connectivity index (χ0n) is 9.10. The molecule has 0 spiro atoms. The van der Waals surface area contributed by atoms with Crippen LogP contribution in [0.3, 0.4) is 0 Å². The second kappa shape index (κ2) is 3.87. The molecule has 1 aromatic heterocycles. The molecule has 0 radical (unpaired) electrons. The average molecular weight is 224 g/mol. The predicted octanol–water partition coefficient (Wildman–Crippen LogP) is 3.68. The van der Waals surface area contributed by atoms with Crippen LogP contribution in [0.4, 0.5) is 0 Å². The van der Waals surface area contributed by atoms with Gasteiger partial charge in [-0.1, -0.05) is 17.7 Å². The molecule has 0 aliphatic heterocycles. The first-order valence-electron chi connectivity index (χ1n) is 4.99. The number of halogens is 1. The number of fused-ring (bicyclic) bond motifs is 1. The summed E-state index contributed by atoms with van der Waals surface area (Å²) in [4.78, 5) is 0. The van der Waals surface area contributed by atoms with Crippen LogP contribution in [-0.4, -0.2) is 7.05 Å². The van der Waals surface area contributed by atoms with Gasteiger partial charge in [-0.25, -0.2) is 0 Å². The van der Waals surface area contributed by atoms with Crippen LogP contribution in [0.2, 0.25) is 5.02 Å². The molecule has 2 nitrogen and oxygen atoms in total. The van der Waals surface area contributed by atoms with Crippen LogP contribution in [0.1, 0.15) is 24.3 Å². The Balaban J connectivity index is 2.64. The normalized spacial score (nSPS) is 13.3. The van der Waals surface area contributed by atoms with Gasteiger partial charge in [-0.05, 0) is 38.6 Å². The molecule has 2 aromatic rings. The van der Waals surface area contributed by atoms with Gasteiger partial charge in [0.05, 0.1) is 11.1 Å². The van der Waals surface area contributed by atoms with Crippen LogP contribution < -0.4 is 5.32 Å². The molecule has 1 aromatic carbocycles. The molecule has 0 amide bonds. The van der Waals surface area contributed by atoms with E-state index in [1.165, 1.54) is 0 Å². The molecule has 3 heteroatoms. The molecule has 2 rings (SSSR count). The Kier molecular flexibility index (Phi) is 2.72. The van der Waals surface area contributed by atoms with E-state index in [1.807, 2.05) is 32.2 Å². The molecule has 1 atom stereocenters. The Morgan fingerprint density at radius 1 is 1.40 bits per heavy atom. The van der Waals surface area contributed by atoms with Crippen LogP contribution in [-0.2, 0) is 0 Å². The summed E-state index contributed by atoms with van der Waals surface area (Å²) >= 11 is 6.11. The molecule has 0 aliphatic carbocycles.